The summed E-state index contributed by atoms with van der Waals surface area (Å²) in [6, 6.07) is 9.29. The van der Waals surface area contributed by atoms with Crippen LogP contribution in [0.4, 0.5) is 4.79 Å². The molecule has 0 fully saturated rings. The number of nitrogens with one attached hydrogen (secondary N) is 1. The summed E-state index contributed by atoms with van der Waals surface area (Å²) in [5.74, 6) is -0.514. The Bertz CT molecular complexity index is 555. The predicted molar refractivity (Wildman–Crippen MR) is 96.3 cm³/mol. The third-order valence-electron chi connectivity index (χ3n) is 3.33. The van der Waals surface area contributed by atoms with Crippen molar-refractivity contribution >= 4 is 12.1 Å². The molecule has 0 aliphatic carbocycles. The molecule has 0 radical (unpaired) electrons. The third kappa shape index (κ3) is 10.7. The van der Waals surface area contributed by atoms with E-state index in [0.717, 1.165) is 5.56 Å². The molecule has 0 bridgehead atoms. The number of esters is 1. The van der Waals surface area contributed by atoms with Crippen LogP contribution in [-0.4, -0.2) is 46.6 Å². The number of carbonyl (C=O) groups excluding carboxylic acids is 2. The number of amides is 1. The molecule has 1 amide bonds. The smallest absolute Gasteiger partial charge is 0.407 e. The number of aliphatic hydroxyl groups is 2. The van der Waals surface area contributed by atoms with Gasteiger partial charge in [-0.05, 0) is 39.2 Å². The third-order valence-corrected chi connectivity index (χ3v) is 3.33. The van der Waals surface area contributed by atoms with Crippen LogP contribution in [0.3, 0.4) is 0 Å². The van der Waals surface area contributed by atoms with Gasteiger partial charge in [0.1, 0.15) is 12.2 Å². The molecule has 0 aromatic heterocycles. The minimum Gasteiger partial charge on any atom is -0.460 e. The molecule has 146 valence electrons. The topological polar surface area (TPSA) is 105 Å². The summed E-state index contributed by atoms with van der Waals surface area (Å²) in [4.78, 5) is 23.2. The highest BCUT2D eigenvalue weighted by atomic mass is 16.6. The van der Waals surface area contributed by atoms with Crippen LogP contribution in [0.5, 0.6) is 0 Å². The van der Waals surface area contributed by atoms with Gasteiger partial charge in [0.2, 0.25) is 0 Å². The fourth-order valence-electron chi connectivity index (χ4n) is 2.21. The highest BCUT2D eigenvalue weighted by Gasteiger charge is 2.21. The van der Waals surface area contributed by atoms with E-state index < -0.39 is 29.9 Å². The van der Waals surface area contributed by atoms with E-state index in [1.807, 2.05) is 30.3 Å². The first-order valence-corrected chi connectivity index (χ1v) is 8.68. The Kier molecular flexibility index (Phi) is 9.09. The molecule has 1 rings (SSSR count). The zero-order valence-electron chi connectivity index (χ0n) is 15.6. The van der Waals surface area contributed by atoms with E-state index in [1.54, 1.807) is 20.8 Å². The van der Waals surface area contributed by atoms with Gasteiger partial charge < -0.3 is 25.0 Å². The van der Waals surface area contributed by atoms with Crippen LogP contribution in [-0.2, 0) is 20.9 Å². The summed E-state index contributed by atoms with van der Waals surface area (Å²) in [5.41, 5.74) is 0.271. The second-order valence-electron chi connectivity index (χ2n) is 7.11. The number of ether oxygens (including phenoxy) is 2. The number of hydrogen-bond donors (Lipinski definition) is 3. The van der Waals surface area contributed by atoms with Crippen LogP contribution in [0.1, 0.15) is 45.6 Å². The molecule has 0 spiro atoms. The Hall–Kier alpha value is -2.12. The molecule has 7 heteroatoms. The maximum atomic E-state index is 11.6. The fourth-order valence-corrected chi connectivity index (χ4v) is 2.21. The summed E-state index contributed by atoms with van der Waals surface area (Å²) in [6.07, 6.45) is -2.32. The van der Waals surface area contributed by atoms with E-state index in [2.05, 4.69) is 5.32 Å². The summed E-state index contributed by atoms with van der Waals surface area (Å²) in [6.45, 7) is 5.61. The van der Waals surface area contributed by atoms with Crippen LogP contribution in [0.2, 0.25) is 0 Å². The minimum atomic E-state index is -0.995. The van der Waals surface area contributed by atoms with Crippen LogP contribution >= 0.6 is 0 Å². The molecule has 0 heterocycles. The standard InChI is InChI=1S/C19H29NO6/c1-19(2,3)26-17(23)12-16(22)11-15(21)9-10-20-18(24)25-13-14-7-5-4-6-8-14/h4-8,15-16,21-22H,9-13H2,1-3H3,(H,20,24)/t15-,16-/m1/s1. The van der Waals surface area contributed by atoms with E-state index in [0.29, 0.717) is 0 Å². The Morgan fingerprint density at radius 1 is 1.12 bits per heavy atom. The fraction of sp³-hybridized carbons (Fsp3) is 0.579. The predicted octanol–water partition coefficient (Wildman–Crippen LogP) is 2.15. The van der Waals surface area contributed by atoms with Gasteiger partial charge in [-0.25, -0.2) is 4.79 Å². The van der Waals surface area contributed by atoms with Crippen LogP contribution in [0, 0.1) is 0 Å². The van der Waals surface area contributed by atoms with Crippen molar-refractivity contribution in [1.82, 2.24) is 5.32 Å². The zero-order valence-corrected chi connectivity index (χ0v) is 15.6. The lowest BCUT2D eigenvalue weighted by molar-refractivity contribution is -0.157. The molecule has 0 aliphatic rings. The van der Waals surface area contributed by atoms with E-state index in [4.69, 9.17) is 9.47 Å². The van der Waals surface area contributed by atoms with Gasteiger partial charge in [0.25, 0.3) is 0 Å². The number of benzene rings is 1. The molecule has 0 aliphatic heterocycles. The first-order valence-electron chi connectivity index (χ1n) is 8.68. The van der Waals surface area contributed by atoms with Crippen molar-refractivity contribution < 1.29 is 29.3 Å². The molecule has 2 atom stereocenters. The normalized spacial score (nSPS) is 13.6. The van der Waals surface area contributed by atoms with Gasteiger partial charge in [0.15, 0.2) is 0 Å². The first-order chi connectivity index (χ1) is 12.2. The van der Waals surface area contributed by atoms with Gasteiger partial charge in [0, 0.05) is 6.54 Å². The van der Waals surface area contributed by atoms with E-state index in [9.17, 15) is 19.8 Å². The summed E-state index contributed by atoms with van der Waals surface area (Å²) in [7, 11) is 0. The van der Waals surface area contributed by atoms with Crippen LogP contribution in [0.25, 0.3) is 0 Å². The molecule has 0 unspecified atom stereocenters. The van der Waals surface area contributed by atoms with E-state index >= 15 is 0 Å². The van der Waals surface area contributed by atoms with Crippen molar-refractivity contribution in [3.8, 4) is 0 Å². The Balaban J connectivity index is 2.16. The molecule has 26 heavy (non-hydrogen) atoms. The molecule has 7 nitrogen and oxygen atoms in total. The highest BCUT2D eigenvalue weighted by Crippen LogP contribution is 2.12. The summed E-state index contributed by atoms with van der Waals surface area (Å²) < 4.78 is 10.2. The summed E-state index contributed by atoms with van der Waals surface area (Å²) in [5, 5.41) is 22.2. The van der Waals surface area contributed by atoms with Gasteiger partial charge in [-0.2, -0.15) is 0 Å². The number of carbonyl (C=O) groups is 2. The molecule has 1 aromatic carbocycles. The molecule has 1 aromatic rings. The molecular formula is C19H29NO6. The second kappa shape index (κ2) is 10.8. The lowest BCUT2D eigenvalue weighted by Gasteiger charge is -2.21. The zero-order chi connectivity index (χ0) is 19.6. The minimum absolute atomic E-state index is 0.0278. The SMILES string of the molecule is CC(C)(C)OC(=O)C[C@H](O)C[C@H](O)CCNC(=O)OCc1ccccc1. The van der Waals surface area contributed by atoms with Crippen molar-refractivity contribution in [2.45, 2.75) is 64.4 Å². The largest absolute Gasteiger partial charge is 0.460 e. The first kappa shape index (κ1) is 21.9. The van der Waals surface area contributed by atoms with E-state index in [-0.39, 0.29) is 32.4 Å². The van der Waals surface area contributed by atoms with Gasteiger partial charge in [-0.3, -0.25) is 4.79 Å². The maximum absolute atomic E-state index is 11.6. The van der Waals surface area contributed by atoms with Crippen molar-refractivity contribution in [3.63, 3.8) is 0 Å². The molecular weight excluding hydrogens is 338 g/mol. The van der Waals surface area contributed by atoms with Crippen molar-refractivity contribution in [1.29, 1.82) is 0 Å². The van der Waals surface area contributed by atoms with Gasteiger partial charge in [0.05, 0.1) is 18.6 Å². The second-order valence-corrected chi connectivity index (χ2v) is 7.11. The lowest BCUT2D eigenvalue weighted by atomic mass is 10.1. The Labute approximate surface area is 154 Å². The molecule has 3 N–H and O–H groups in total. The number of aliphatic hydroxyl groups excluding tert-OH is 2. The average molecular weight is 367 g/mol. The molecule has 0 saturated carbocycles. The van der Waals surface area contributed by atoms with E-state index in [1.165, 1.54) is 0 Å². The monoisotopic (exact) mass is 367 g/mol. The Morgan fingerprint density at radius 3 is 2.38 bits per heavy atom. The highest BCUT2D eigenvalue weighted by molar-refractivity contribution is 5.70. The van der Waals surface area contributed by atoms with Crippen LogP contribution < -0.4 is 5.32 Å². The van der Waals surface area contributed by atoms with Crippen molar-refractivity contribution in [2.75, 3.05) is 6.54 Å². The average Bonchev–Trinajstić information content (AvgIpc) is 2.51. The number of rotatable bonds is 9. The quantitative estimate of drug-likeness (QED) is 0.578. The number of alkyl carbamates (subject to hydrolysis) is 1. The maximum Gasteiger partial charge on any atom is 0.407 e. The van der Waals surface area contributed by atoms with Gasteiger partial charge in [-0.1, -0.05) is 30.3 Å². The Morgan fingerprint density at radius 2 is 1.77 bits per heavy atom. The van der Waals surface area contributed by atoms with Crippen LogP contribution in [0.15, 0.2) is 30.3 Å². The number of hydrogen-bond acceptors (Lipinski definition) is 6. The molecule has 0 saturated heterocycles. The van der Waals surface area contributed by atoms with Crippen molar-refractivity contribution in [2.24, 2.45) is 0 Å². The lowest BCUT2D eigenvalue weighted by Crippen LogP contribution is -2.30. The van der Waals surface area contributed by atoms with Gasteiger partial charge in [-0.15, -0.1) is 0 Å². The summed E-state index contributed by atoms with van der Waals surface area (Å²) >= 11 is 0. The van der Waals surface area contributed by atoms with Gasteiger partial charge >= 0.3 is 12.1 Å². The van der Waals surface area contributed by atoms with Crippen molar-refractivity contribution in [3.05, 3.63) is 35.9 Å².